The summed E-state index contributed by atoms with van der Waals surface area (Å²) in [6.07, 6.45) is 9.74. The molecular weight excluding hydrogens is 583 g/mol. The first kappa shape index (κ1) is 31.4. The van der Waals surface area contributed by atoms with E-state index in [1.54, 1.807) is 12.2 Å². The van der Waals surface area contributed by atoms with Crippen LogP contribution in [-0.4, -0.2) is 13.0 Å². The standard InChI is InChI=1S/C19H18BrP.C10H10.C9H8O/c1-21(20,17-11-5-2-6-12-17,18-13-7-3-8-14-18)19-15-9-4-10-16-19;1-2-3-7-10-8-5-4-6-9-10;10-8-4-7-9-5-2-1-3-6-9/h2-16H,1H3;2-9H,1H2;1-8H/b;7-3+;7-4+. The molecule has 206 valence electrons. The number of hydrogen-bond donors (Lipinski definition) is 0. The predicted octanol–water partition coefficient (Wildman–Crippen LogP) is 9.24. The molecule has 0 aliphatic heterocycles. The Morgan fingerprint density at radius 2 is 0.805 bits per heavy atom. The van der Waals surface area contributed by atoms with Crippen LogP contribution >= 0.6 is 20.8 Å². The van der Waals surface area contributed by atoms with E-state index in [1.165, 1.54) is 27.6 Å². The van der Waals surface area contributed by atoms with Gasteiger partial charge in [0.15, 0.2) is 0 Å². The first-order chi connectivity index (χ1) is 20.0. The molecule has 5 aromatic rings. The molecule has 0 saturated carbocycles. The Morgan fingerprint density at radius 1 is 0.512 bits per heavy atom. The fourth-order valence-electron chi connectivity index (χ4n) is 4.25. The molecule has 0 spiro atoms. The summed E-state index contributed by atoms with van der Waals surface area (Å²) in [5, 5.41) is 1.48. The average molecular weight is 620 g/mol. The Morgan fingerprint density at radius 3 is 1.10 bits per heavy atom. The monoisotopic (exact) mass is 618 g/mol. The second-order valence-corrected chi connectivity index (χ2v) is 19.1. The van der Waals surface area contributed by atoms with Crippen molar-refractivity contribution in [3.05, 3.63) is 188 Å². The van der Waals surface area contributed by atoms with E-state index >= 15 is 0 Å². The molecule has 0 amide bonds. The van der Waals surface area contributed by atoms with Crippen LogP contribution in [0.5, 0.6) is 0 Å². The molecule has 5 rings (SSSR count). The zero-order chi connectivity index (χ0) is 29.3. The Bertz CT molecular complexity index is 1360. The van der Waals surface area contributed by atoms with Crippen LogP contribution in [0, 0.1) is 0 Å². The minimum Gasteiger partial charge on any atom is -0.299 e. The summed E-state index contributed by atoms with van der Waals surface area (Å²) in [5.41, 5.74) is 2.26. The van der Waals surface area contributed by atoms with Crippen LogP contribution in [0.3, 0.4) is 0 Å². The van der Waals surface area contributed by atoms with E-state index in [0.717, 1.165) is 11.8 Å². The van der Waals surface area contributed by atoms with Gasteiger partial charge in [-0.05, 0) is 17.2 Å². The van der Waals surface area contributed by atoms with Gasteiger partial charge in [0.2, 0.25) is 0 Å². The van der Waals surface area contributed by atoms with Crippen LogP contribution in [0.1, 0.15) is 11.1 Å². The topological polar surface area (TPSA) is 17.1 Å². The van der Waals surface area contributed by atoms with Crippen molar-refractivity contribution in [1.29, 1.82) is 0 Å². The van der Waals surface area contributed by atoms with Crippen molar-refractivity contribution in [2.45, 2.75) is 0 Å². The zero-order valence-electron chi connectivity index (χ0n) is 23.3. The van der Waals surface area contributed by atoms with Crippen molar-refractivity contribution >= 4 is 55.1 Å². The molecule has 3 heteroatoms. The van der Waals surface area contributed by atoms with Crippen molar-refractivity contribution in [3.8, 4) is 0 Å². The molecule has 5 aromatic carbocycles. The van der Waals surface area contributed by atoms with E-state index in [-0.39, 0.29) is 0 Å². The molecular formula is C38H36BrOP. The summed E-state index contributed by atoms with van der Waals surface area (Å²) in [4.78, 5) is 9.89. The molecule has 0 aromatic heterocycles. The van der Waals surface area contributed by atoms with Gasteiger partial charge in [0, 0.05) is 0 Å². The number of benzene rings is 5. The van der Waals surface area contributed by atoms with Crippen LogP contribution < -0.4 is 15.9 Å². The third-order valence-electron chi connectivity index (χ3n) is 6.50. The van der Waals surface area contributed by atoms with Gasteiger partial charge in [-0.2, -0.15) is 0 Å². The molecule has 0 atom stereocenters. The predicted molar refractivity (Wildman–Crippen MR) is 187 cm³/mol. The van der Waals surface area contributed by atoms with Gasteiger partial charge in [0.25, 0.3) is 0 Å². The van der Waals surface area contributed by atoms with Crippen molar-refractivity contribution in [2.75, 3.05) is 6.66 Å². The number of allylic oxidation sites excluding steroid dienone is 3. The molecule has 0 saturated heterocycles. The first-order valence-corrected chi connectivity index (χ1v) is 18.1. The zero-order valence-corrected chi connectivity index (χ0v) is 25.8. The van der Waals surface area contributed by atoms with E-state index in [0.29, 0.717) is 0 Å². The average Bonchev–Trinajstić information content (AvgIpc) is 3.06. The molecule has 0 heterocycles. The molecule has 0 unspecified atom stereocenters. The molecule has 1 nitrogen and oxygen atoms in total. The Balaban J connectivity index is 0.000000193. The summed E-state index contributed by atoms with van der Waals surface area (Å²) in [7, 11) is 0. The van der Waals surface area contributed by atoms with Crippen LogP contribution in [0.4, 0.5) is 0 Å². The summed E-state index contributed by atoms with van der Waals surface area (Å²) < 4.78 is 0. The summed E-state index contributed by atoms with van der Waals surface area (Å²) in [6, 6.07) is 52.2. The molecule has 41 heavy (non-hydrogen) atoms. The van der Waals surface area contributed by atoms with Crippen molar-refractivity contribution in [1.82, 2.24) is 0 Å². The third kappa shape index (κ3) is 8.95. The second kappa shape index (κ2) is 16.2. The van der Waals surface area contributed by atoms with Crippen molar-refractivity contribution in [2.24, 2.45) is 0 Å². The number of hydrogen-bond acceptors (Lipinski definition) is 1. The normalized spacial score (nSPS) is 11.7. The number of carbonyl (C=O) groups excluding carboxylic acids is 1. The Kier molecular flexibility index (Phi) is 12.4. The molecule has 0 bridgehead atoms. The molecule has 0 N–H and O–H groups in total. The van der Waals surface area contributed by atoms with E-state index in [2.05, 4.69) is 132 Å². The molecule has 0 aliphatic carbocycles. The number of aldehydes is 1. The quantitative estimate of drug-likeness (QED) is 0.0769. The fraction of sp³-hybridized carbons (Fsp3) is 0.0263. The summed E-state index contributed by atoms with van der Waals surface area (Å²) in [6.45, 7) is 5.96. The van der Waals surface area contributed by atoms with Gasteiger partial charge in [0.1, 0.15) is 6.29 Å². The SMILES string of the molecule is C=C/C=C/c1ccccc1.CP(Br)(c1ccccc1)(c1ccccc1)c1ccccc1.O=C/C=C/c1ccccc1. The van der Waals surface area contributed by atoms with Gasteiger partial charge in [-0.3, -0.25) is 4.79 Å². The smallest absolute Gasteiger partial charge is 0.142 e. The van der Waals surface area contributed by atoms with E-state index < -0.39 is 5.31 Å². The van der Waals surface area contributed by atoms with Crippen molar-refractivity contribution < 1.29 is 4.79 Å². The van der Waals surface area contributed by atoms with Crippen molar-refractivity contribution in [3.63, 3.8) is 0 Å². The van der Waals surface area contributed by atoms with Gasteiger partial charge in [-0.15, -0.1) is 0 Å². The number of halogens is 1. The van der Waals surface area contributed by atoms with Gasteiger partial charge >= 0.3 is 134 Å². The summed E-state index contributed by atoms with van der Waals surface area (Å²) >= 11 is 4.24. The van der Waals surface area contributed by atoms with Crippen LogP contribution in [0.25, 0.3) is 12.2 Å². The summed E-state index contributed by atoms with van der Waals surface area (Å²) in [5.74, 6) is 0. The maximum absolute atomic E-state index is 9.89. The largest absolute Gasteiger partial charge is 0.299 e. The van der Waals surface area contributed by atoms with Gasteiger partial charge in [0.05, 0.1) is 0 Å². The maximum atomic E-state index is 9.89. The van der Waals surface area contributed by atoms with Gasteiger partial charge < -0.3 is 0 Å². The Hall–Kier alpha value is -4.10. The maximum Gasteiger partial charge on any atom is 0.142 e. The first-order valence-electron chi connectivity index (χ1n) is 13.4. The van der Waals surface area contributed by atoms with Crippen LogP contribution in [0.2, 0.25) is 0 Å². The van der Waals surface area contributed by atoms with Gasteiger partial charge in [-0.25, -0.2) is 0 Å². The van der Waals surface area contributed by atoms with Crippen LogP contribution in [-0.2, 0) is 4.79 Å². The van der Waals surface area contributed by atoms with Crippen LogP contribution in [0.15, 0.2) is 176 Å². The van der Waals surface area contributed by atoms with E-state index in [9.17, 15) is 4.79 Å². The van der Waals surface area contributed by atoms with Gasteiger partial charge in [-0.1, -0.05) is 91.5 Å². The molecule has 0 fully saturated rings. The second-order valence-electron chi connectivity index (χ2n) is 9.35. The minimum atomic E-state index is -2.56. The Labute approximate surface area is 253 Å². The number of rotatable bonds is 7. The third-order valence-corrected chi connectivity index (χ3v) is 14.8. The molecule has 0 radical (unpaired) electrons. The molecule has 0 aliphatic rings. The van der Waals surface area contributed by atoms with E-state index in [1.807, 2.05) is 60.7 Å². The minimum absolute atomic E-state index is 0.771. The van der Waals surface area contributed by atoms with E-state index in [4.69, 9.17) is 0 Å². The number of carbonyl (C=O) groups is 1. The fourth-order valence-corrected chi connectivity index (χ4v) is 9.92.